The Morgan fingerprint density at radius 3 is 2.45 bits per heavy atom. The fourth-order valence-corrected chi connectivity index (χ4v) is 5.49. The molecule has 1 unspecified atom stereocenters. The first-order valence-electron chi connectivity index (χ1n) is 9.94. The molecule has 4 rings (SSSR count). The minimum atomic E-state index is -0.231. The fourth-order valence-electron chi connectivity index (χ4n) is 4.36. The Labute approximate surface area is 174 Å². The molecule has 0 amide bonds. The second-order valence-electron chi connectivity index (χ2n) is 7.39. The van der Waals surface area contributed by atoms with Crippen LogP contribution in [-0.2, 0) is 0 Å². The average molecular weight is 418 g/mol. The van der Waals surface area contributed by atoms with E-state index in [1.807, 2.05) is 23.7 Å². The summed E-state index contributed by atoms with van der Waals surface area (Å²) in [7, 11) is 4.78. The number of aromatic amines is 1. The summed E-state index contributed by atoms with van der Waals surface area (Å²) in [5, 5.41) is 3.77. The molecule has 8 heteroatoms. The van der Waals surface area contributed by atoms with Crippen molar-refractivity contribution in [1.29, 1.82) is 0 Å². The maximum Gasteiger partial charge on any atom is 0.271 e. The Morgan fingerprint density at radius 1 is 1.07 bits per heavy atom. The van der Waals surface area contributed by atoms with Crippen LogP contribution in [0.5, 0.6) is 17.2 Å². The highest BCUT2D eigenvalue weighted by Gasteiger charge is 2.35. The van der Waals surface area contributed by atoms with Crippen LogP contribution < -0.4 is 19.8 Å². The van der Waals surface area contributed by atoms with Crippen LogP contribution >= 0.6 is 11.8 Å². The van der Waals surface area contributed by atoms with Gasteiger partial charge in [-0.15, -0.1) is 0 Å². The van der Waals surface area contributed by atoms with Crippen LogP contribution in [0.15, 0.2) is 21.9 Å². The molecule has 2 heterocycles. The number of ether oxygens (including phenoxy) is 3. The van der Waals surface area contributed by atoms with Crippen molar-refractivity contribution in [2.45, 2.75) is 50.3 Å². The van der Waals surface area contributed by atoms with Gasteiger partial charge >= 0.3 is 0 Å². The summed E-state index contributed by atoms with van der Waals surface area (Å²) in [6.45, 7) is 1.98. The van der Waals surface area contributed by atoms with Crippen LogP contribution in [0.4, 0.5) is 5.82 Å². The molecule has 1 atom stereocenters. The summed E-state index contributed by atoms with van der Waals surface area (Å²) in [4.78, 5) is 17.8. The van der Waals surface area contributed by atoms with E-state index in [0.717, 1.165) is 29.3 Å². The Hall–Kier alpha value is -2.35. The molecule has 1 aliphatic heterocycles. The number of methoxy groups -OCH3 is 3. The number of hydrogen-bond acceptors (Lipinski definition) is 6. The third-order valence-corrected chi connectivity index (χ3v) is 6.86. The number of nitrogens with one attached hydrogen (secondary N) is 1. The number of fused-ring (bicyclic) bond motifs is 1. The largest absolute Gasteiger partial charge is 0.493 e. The van der Waals surface area contributed by atoms with Crippen LogP contribution in [0.25, 0.3) is 0 Å². The zero-order valence-corrected chi connectivity index (χ0v) is 18.1. The lowest BCUT2D eigenvalue weighted by Gasteiger charge is -2.27. The van der Waals surface area contributed by atoms with E-state index in [4.69, 9.17) is 19.2 Å². The molecule has 0 radical (unpaired) electrons. The van der Waals surface area contributed by atoms with Gasteiger partial charge in [-0.25, -0.2) is 4.99 Å². The Kier molecular flexibility index (Phi) is 5.63. The molecule has 2 aromatic rings. The number of aromatic nitrogens is 2. The molecule has 1 aromatic carbocycles. The van der Waals surface area contributed by atoms with Gasteiger partial charge in [-0.2, -0.15) is 0 Å². The van der Waals surface area contributed by atoms with Gasteiger partial charge in [0.15, 0.2) is 17.3 Å². The van der Waals surface area contributed by atoms with Gasteiger partial charge in [-0.3, -0.25) is 14.6 Å². The molecular formula is C21H27N3O4S. The summed E-state index contributed by atoms with van der Waals surface area (Å²) < 4.78 is 18.7. The molecule has 7 nitrogen and oxygen atoms in total. The van der Waals surface area contributed by atoms with Gasteiger partial charge in [0.25, 0.3) is 5.56 Å². The molecule has 1 aromatic heterocycles. The van der Waals surface area contributed by atoms with E-state index < -0.39 is 0 Å². The van der Waals surface area contributed by atoms with Crippen LogP contribution in [-0.4, -0.2) is 36.2 Å². The number of aliphatic imine (C=N–C) groups is 1. The lowest BCUT2D eigenvalue weighted by atomic mass is 9.95. The molecule has 1 saturated carbocycles. The van der Waals surface area contributed by atoms with Crippen LogP contribution in [0, 0.1) is 0 Å². The standard InChI is InChI=1S/C21H27N3O4S/c1-12-22-20-16(21(25)23-24(20)13-8-6-5-7-9-13)19(29-12)14-10-11-15(26-2)18(28-4)17(14)27-3/h10-11,13,19H,5-9H2,1-4H3,(H,23,25). The molecule has 2 aliphatic rings. The Morgan fingerprint density at radius 2 is 1.79 bits per heavy atom. The summed E-state index contributed by atoms with van der Waals surface area (Å²) >= 11 is 1.56. The van der Waals surface area contributed by atoms with E-state index in [2.05, 4.69) is 5.10 Å². The van der Waals surface area contributed by atoms with Gasteiger partial charge < -0.3 is 14.2 Å². The van der Waals surface area contributed by atoms with Crippen molar-refractivity contribution in [2.75, 3.05) is 21.3 Å². The first-order valence-corrected chi connectivity index (χ1v) is 10.8. The van der Waals surface area contributed by atoms with E-state index in [1.54, 1.807) is 33.1 Å². The molecule has 1 N–H and O–H groups in total. The molecule has 0 saturated heterocycles. The summed E-state index contributed by atoms with van der Waals surface area (Å²) in [5.74, 6) is 2.45. The van der Waals surface area contributed by atoms with E-state index >= 15 is 0 Å². The van der Waals surface area contributed by atoms with Crippen LogP contribution in [0.3, 0.4) is 0 Å². The minimum Gasteiger partial charge on any atom is -0.493 e. The average Bonchev–Trinajstić information content (AvgIpc) is 3.08. The monoisotopic (exact) mass is 417 g/mol. The summed E-state index contributed by atoms with van der Waals surface area (Å²) in [6, 6.07) is 4.09. The topological polar surface area (TPSA) is 77.8 Å². The zero-order chi connectivity index (χ0) is 20.5. The van der Waals surface area contributed by atoms with Gasteiger partial charge in [0, 0.05) is 5.56 Å². The van der Waals surface area contributed by atoms with Crippen molar-refractivity contribution in [3.63, 3.8) is 0 Å². The van der Waals surface area contributed by atoms with Crippen molar-refractivity contribution in [3.8, 4) is 17.2 Å². The van der Waals surface area contributed by atoms with Crippen molar-refractivity contribution in [3.05, 3.63) is 33.6 Å². The van der Waals surface area contributed by atoms with Gasteiger partial charge in [0.1, 0.15) is 0 Å². The van der Waals surface area contributed by atoms with Crippen LogP contribution in [0.1, 0.15) is 61.4 Å². The predicted molar refractivity (Wildman–Crippen MR) is 115 cm³/mol. The van der Waals surface area contributed by atoms with E-state index in [1.165, 1.54) is 19.3 Å². The highest BCUT2D eigenvalue weighted by Crippen LogP contribution is 2.51. The number of benzene rings is 1. The maximum atomic E-state index is 13.0. The van der Waals surface area contributed by atoms with Crippen molar-refractivity contribution < 1.29 is 14.2 Å². The molecule has 1 aliphatic carbocycles. The predicted octanol–water partition coefficient (Wildman–Crippen LogP) is 4.59. The number of nitrogens with zero attached hydrogens (tertiary/aromatic N) is 2. The first kappa shape index (κ1) is 19.9. The molecular weight excluding hydrogens is 390 g/mol. The summed E-state index contributed by atoms with van der Waals surface area (Å²) in [6.07, 6.45) is 5.77. The molecule has 29 heavy (non-hydrogen) atoms. The van der Waals surface area contributed by atoms with Gasteiger partial charge in [0.05, 0.1) is 43.2 Å². The SMILES string of the molecule is COc1ccc(C2SC(C)=Nc3c2c(=O)[nH]n3C2CCCCC2)c(OC)c1OC. The lowest BCUT2D eigenvalue weighted by Crippen LogP contribution is -2.16. The van der Waals surface area contributed by atoms with Crippen molar-refractivity contribution >= 4 is 22.6 Å². The summed E-state index contributed by atoms with van der Waals surface area (Å²) in [5.41, 5.74) is 1.46. The highest BCUT2D eigenvalue weighted by molar-refractivity contribution is 8.14. The van der Waals surface area contributed by atoms with Crippen LogP contribution in [0.2, 0.25) is 0 Å². The van der Waals surface area contributed by atoms with Crippen molar-refractivity contribution in [1.82, 2.24) is 9.78 Å². The molecule has 156 valence electrons. The van der Waals surface area contributed by atoms with E-state index in [0.29, 0.717) is 28.9 Å². The molecule has 0 bridgehead atoms. The third-order valence-electron chi connectivity index (χ3n) is 5.71. The van der Waals surface area contributed by atoms with Gasteiger partial charge in [-0.05, 0) is 31.9 Å². The quantitative estimate of drug-likeness (QED) is 0.770. The number of rotatable bonds is 5. The first-order chi connectivity index (χ1) is 14.1. The smallest absolute Gasteiger partial charge is 0.271 e. The number of thioether (sulfide) groups is 1. The zero-order valence-electron chi connectivity index (χ0n) is 17.3. The van der Waals surface area contributed by atoms with Gasteiger partial charge in [0.2, 0.25) is 5.75 Å². The fraction of sp³-hybridized carbons (Fsp3) is 0.524. The third kappa shape index (κ3) is 3.43. The maximum absolute atomic E-state index is 13.0. The Bertz CT molecular complexity index is 989. The molecule has 0 spiro atoms. The molecule has 1 fully saturated rings. The van der Waals surface area contributed by atoms with E-state index in [9.17, 15) is 4.79 Å². The highest BCUT2D eigenvalue weighted by atomic mass is 32.2. The second-order valence-corrected chi connectivity index (χ2v) is 8.69. The van der Waals surface area contributed by atoms with Gasteiger partial charge in [-0.1, -0.05) is 31.0 Å². The number of hydrogen-bond donors (Lipinski definition) is 1. The van der Waals surface area contributed by atoms with E-state index in [-0.39, 0.29) is 10.8 Å². The number of H-pyrrole nitrogens is 1. The minimum absolute atomic E-state index is 0.0869. The Balaban J connectivity index is 1.86. The lowest BCUT2D eigenvalue weighted by molar-refractivity contribution is 0.322. The second kappa shape index (κ2) is 8.18. The van der Waals surface area contributed by atoms with Crippen molar-refractivity contribution in [2.24, 2.45) is 4.99 Å². The normalized spacial score (nSPS) is 19.4.